The van der Waals surface area contributed by atoms with Gasteiger partial charge in [-0.25, -0.2) is 9.66 Å². The van der Waals surface area contributed by atoms with E-state index in [0.29, 0.717) is 42.7 Å². The lowest BCUT2D eigenvalue weighted by Gasteiger charge is -2.26. The van der Waals surface area contributed by atoms with E-state index in [9.17, 15) is 4.79 Å². The fourth-order valence-corrected chi connectivity index (χ4v) is 4.70. The molecule has 1 aromatic carbocycles. The SMILES string of the molecule is C1COCCN1.COC.O=CCC[C@@H]1N=C(c2ccccn2)c2cc(Cl)ccc2N=C1OPN1CCOCC1. The molecule has 0 aliphatic carbocycles. The van der Waals surface area contributed by atoms with Crippen LogP contribution in [0.5, 0.6) is 0 Å². The number of rotatable bonds is 6. The van der Waals surface area contributed by atoms with Crippen LogP contribution in [-0.2, 0) is 23.5 Å². The first-order chi connectivity index (χ1) is 19.2. The zero-order valence-corrected chi connectivity index (χ0v) is 24.2. The number of carbonyl (C=O) groups excluding carboxylic acids is 1. The highest BCUT2D eigenvalue weighted by Gasteiger charge is 2.26. The van der Waals surface area contributed by atoms with E-state index < -0.39 is 0 Å². The number of benzene rings is 1. The molecule has 10 nitrogen and oxygen atoms in total. The molecule has 3 aliphatic heterocycles. The van der Waals surface area contributed by atoms with Crippen LogP contribution < -0.4 is 5.32 Å². The summed E-state index contributed by atoms with van der Waals surface area (Å²) in [6.45, 7) is 6.86. The van der Waals surface area contributed by atoms with Gasteiger partial charge in [-0.05, 0) is 36.8 Å². The predicted molar refractivity (Wildman–Crippen MR) is 156 cm³/mol. The number of nitrogens with one attached hydrogen (secondary N) is 1. The van der Waals surface area contributed by atoms with Gasteiger partial charge in [0.25, 0.3) is 0 Å². The Morgan fingerprint density at radius 3 is 2.49 bits per heavy atom. The summed E-state index contributed by atoms with van der Waals surface area (Å²) < 4.78 is 23.0. The third-order valence-electron chi connectivity index (χ3n) is 5.62. The van der Waals surface area contributed by atoms with Crippen LogP contribution in [-0.4, -0.2) is 100 Å². The van der Waals surface area contributed by atoms with Crippen LogP contribution in [0.3, 0.4) is 0 Å². The second kappa shape index (κ2) is 18.1. The number of aliphatic imine (C=N–C) groups is 2. The molecule has 0 spiro atoms. The van der Waals surface area contributed by atoms with Gasteiger partial charge in [0.2, 0.25) is 5.90 Å². The minimum atomic E-state index is -0.382. The molecule has 212 valence electrons. The Hall–Kier alpha value is -2.30. The van der Waals surface area contributed by atoms with Crippen molar-refractivity contribution < 1.29 is 23.5 Å². The molecule has 0 bridgehead atoms. The van der Waals surface area contributed by atoms with Crippen molar-refractivity contribution in [3.63, 3.8) is 0 Å². The van der Waals surface area contributed by atoms with Crippen molar-refractivity contribution in [1.82, 2.24) is 15.0 Å². The fraction of sp³-hybridized carbons (Fsp3) is 0.481. The van der Waals surface area contributed by atoms with Crippen molar-refractivity contribution in [2.24, 2.45) is 9.98 Å². The molecule has 0 saturated carbocycles. The van der Waals surface area contributed by atoms with Crippen LogP contribution in [0, 0.1) is 0 Å². The molecule has 2 atom stereocenters. The zero-order valence-electron chi connectivity index (χ0n) is 22.5. The summed E-state index contributed by atoms with van der Waals surface area (Å²) in [5, 5.41) is 3.75. The highest BCUT2D eigenvalue weighted by atomic mass is 35.5. The number of hydrogen-bond donors (Lipinski definition) is 1. The summed E-state index contributed by atoms with van der Waals surface area (Å²) in [4.78, 5) is 25.3. The first-order valence-electron chi connectivity index (χ1n) is 12.9. The molecule has 4 heterocycles. The third kappa shape index (κ3) is 10.7. The normalized spacial score (nSPS) is 19.3. The van der Waals surface area contributed by atoms with Gasteiger partial charge in [-0.1, -0.05) is 17.7 Å². The topological polar surface area (TPSA) is 107 Å². The van der Waals surface area contributed by atoms with Crippen molar-refractivity contribution in [3.05, 3.63) is 58.9 Å². The minimum Gasteiger partial charge on any atom is -0.445 e. The average Bonchev–Trinajstić information content (AvgIpc) is 3.14. The largest absolute Gasteiger partial charge is 0.445 e. The number of morpholine rings is 2. The van der Waals surface area contributed by atoms with Gasteiger partial charge in [0.15, 0.2) is 8.96 Å². The van der Waals surface area contributed by atoms with Crippen molar-refractivity contribution in [2.75, 3.05) is 66.8 Å². The van der Waals surface area contributed by atoms with Crippen LogP contribution in [0.2, 0.25) is 5.02 Å². The van der Waals surface area contributed by atoms with Gasteiger partial charge >= 0.3 is 0 Å². The van der Waals surface area contributed by atoms with Crippen LogP contribution in [0.25, 0.3) is 0 Å². The second-order valence-electron chi connectivity index (χ2n) is 8.63. The minimum absolute atomic E-state index is 0.117. The standard InChI is InChI=1S/C21H22ClN4O3P.C4H9NO.C2H6O/c22-15-6-7-17-16(14-15)20(18-4-1-2-8-23-18)24-19(5-3-11-27)21(25-17)29-30-26-9-12-28-13-10-26;1-3-6-4-2-5-1;1-3-2/h1-2,4,6-8,11,14,19,30H,3,5,9-10,12-13H2;5H,1-4H2;1-2H3/t19-;;/m0../s1. The van der Waals surface area contributed by atoms with Crippen molar-refractivity contribution >= 4 is 44.1 Å². The summed E-state index contributed by atoms with van der Waals surface area (Å²) in [5.41, 5.74) is 2.94. The summed E-state index contributed by atoms with van der Waals surface area (Å²) in [7, 11) is 3.37. The first kappa shape index (κ1) is 31.2. The zero-order chi connectivity index (χ0) is 27.7. The maximum absolute atomic E-state index is 11.1. The van der Waals surface area contributed by atoms with Crippen molar-refractivity contribution in [1.29, 1.82) is 0 Å². The Morgan fingerprint density at radius 2 is 1.87 bits per heavy atom. The highest BCUT2D eigenvalue weighted by molar-refractivity contribution is 7.30. The van der Waals surface area contributed by atoms with Gasteiger partial charge in [0, 0.05) is 63.6 Å². The lowest BCUT2D eigenvalue weighted by atomic mass is 10.0. The molecule has 39 heavy (non-hydrogen) atoms. The van der Waals surface area contributed by atoms with Crippen molar-refractivity contribution in [3.8, 4) is 0 Å². The lowest BCUT2D eigenvalue weighted by molar-refractivity contribution is -0.107. The molecule has 0 amide bonds. The van der Waals surface area contributed by atoms with E-state index in [2.05, 4.69) is 19.7 Å². The number of methoxy groups -OCH3 is 1. The number of hydrogen-bond acceptors (Lipinski definition) is 10. The van der Waals surface area contributed by atoms with Crippen LogP contribution in [0.15, 0.2) is 52.6 Å². The maximum atomic E-state index is 11.1. The van der Waals surface area contributed by atoms with E-state index in [-0.39, 0.29) is 15.0 Å². The monoisotopic (exact) mass is 577 g/mol. The van der Waals surface area contributed by atoms with E-state index in [1.54, 1.807) is 26.5 Å². The molecular weight excluding hydrogens is 541 g/mol. The Kier molecular flexibility index (Phi) is 14.5. The molecule has 2 aromatic rings. The highest BCUT2D eigenvalue weighted by Crippen LogP contribution is 2.32. The van der Waals surface area contributed by atoms with E-state index in [1.165, 1.54) is 0 Å². The summed E-state index contributed by atoms with van der Waals surface area (Å²) >= 11 is 6.28. The lowest BCUT2D eigenvalue weighted by Crippen LogP contribution is -2.31. The molecule has 1 N–H and O–H groups in total. The number of carbonyl (C=O) groups is 1. The number of nitrogens with zero attached hydrogens (tertiary/aromatic N) is 4. The summed E-state index contributed by atoms with van der Waals surface area (Å²) in [6.07, 6.45) is 3.50. The van der Waals surface area contributed by atoms with Crippen LogP contribution >= 0.6 is 20.6 Å². The molecule has 1 unspecified atom stereocenters. The Labute approximate surface area is 237 Å². The van der Waals surface area contributed by atoms with E-state index in [0.717, 1.165) is 62.6 Å². The van der Waals surface area contributed by atoms with Gasteiger partial charge in [-0.2, -0.15) is 0 Å². The summed E-state index contributed by atoms with van der Waals surface area (Å²) in [6, 6.07) is 10.8. The number of halogens is 1. The van der Waals surface area contributed by atoms with Gasteiger partial charge < -0.3 is 28.8 Å². The molecule has 0 radical (unpaired) electrons. The smallest absolute Gasteiger partial charge is 0.218 e. The van der Waals surface area contributed by atoms with Gasteiger partial charge in [0.05, 0.1) is 43.5 Å². The Bertz CT molecular complexity index is 1050. The van der Waals surface area contributed by atoms with Gasteiger partial charge in [0.1, 0.15) is 12.3 Å². The molecule has 1 aromatic heterocycles. The average molecular weight is 578 g/mol. The predicted octanol–water partition coefficient (Wildman–Crippen LogP) is 3.69. The number of aromatic nitrogens is 1. The van der Waals surface area contributed by atoms with E-state index >= 15 is 0 Å². The maximum Gasteiger partial charge on any atom is 0.218 e. The first-order valence-corrected chi connectivity index (χ1v) is 14.1. The number of fused-ring (bicyclic) bond motifs is 1. The van der Waals surface area contributed by atoms with Gasteiger partial charge in [-0.3, -0.25) is 9.98 Å². The van der Waals surface area contributed by atoms with E-state index in [1.807, 2.05) is 30.3 Å². The Morgan fingerprint density at radius 1 is 1.13 bits per heavy atom. The fourth-order valence-electron chi connectivity index (χ4n) is 3.76. The molecule has 5 rings (SSSR count). The second-order valence-corrected chi connectivity index (χ2v) is 10.1. The quantitative estimate of drug-likeness (QED) is 0.409. The van der Waals surface area contributed by atoms with Crippen LogP contribution in [0.4, 0.5) is 5.69 Å². The molecule has 12 heteroatoms. The molecule has 3 aliphatic rings. The van der Waals surface area contributed by atoms with Crippen molar-refractivity contribution in [2.45, 2.75) is 18.9 Å². The molecule has 2 saturated heterocycles. The van der Waals surface area contributed by atoms with Crippen LogP contribution in [0.1, 0.15) is 24.1 Å². The number of pyridine rings is 1. The number of aldehydes is 1. The summed E-state index contributed by atoms with van der Waals surface area (Å²) in [5.74, 6) is 0.510. The van der Waals surface area contributed by atoms with Gasteiger partial charge in [-0.15, -0.1) is 0 Å². The Balaban J connectivity index is 0.000000400. The van der Waals surface area contributed by atoms with E-state index in [4.69, 9.17) is 35.6 Å². The molecular formula is C27H37ClN5O5P. The third-order valence-corrected chi connectivity index (χ3v) is 6.86. The number of ether oxygens (including phenoxy) is 3. The molecule has 2 fully saturated rings.